The topological polar surface area (TPSA) is 77.5 Å². The Hall–Kier alpha value is -5.50. The second-order valence-corrected chi connectivity index (χ2v) is 12.9. The smallest absolute Gasteiger partial charge is 0.303 e. The van der Waals surface area contributed by atoms with Gasteiger partial charge >= 0.3 is 5.97 Å². The van der Waals surface area contributed by atoms with Crippen LogP contribution < -0.4 is 24.0 Å². The van der Waals surface area contributed by atoms with Crippen molar-refractivity contribution in [3.05, 3.63) is 113 Å². The molecule has 8 heteroatoms. The molecule has 0 spiro atoms. The van der Waals surface area contributed by atoms with Gasteiger partial charge in [0.2, 0.25) is 0 Å². The highest BCUT2D eigenvalue weighted by Crippen LogP contribution is 2.32. The number of Topliss-reactive ketones (excluding diaryl/α,β-unsaturated/α-hetero) is 1. The maximum absolute atomic E-state index is 12.1. The predicted molar refractivity (Wildman–Crippen MR) is 218 cm³/mol. The number of hydrogen-bond acceptors (Lipinski definition) is 8. The zero-order valence-electron chi connectivity index (χ0n) is 32.1. The molecule has 8 nitrogen and oxygen atoms in total. The van der Waals surface area contributed by atoms with Gasteiger partial charge in [0.1, 0.15) is 23.9 Å². The molecule has 280 valence electrons. The number of unbranched alkanes of at least 4 members (excludes halogenated alkanes) is 2. The van der Waals surface area contributed by atoms with E-state index in [1.54, 1.807) is 38.5 Å². The lowest BCUT2D eigenvalue weighted by atomic mass is 10.0. The molecular weight excluding hydrogens is 665 g/mol. The minimum atomic E-state index is -0.482. The van der Waals surface area contributed by atoms with E-state index in [1.807, 2.05) is 25.3 Å². The molecule has 0 bridgehead atoms. The minimum Gasteiger partial charge on any atom is -0.496 e. The van der Waals surface area contributed by atoms with Crippen LogP contribution in [0, 0.1) is 0 Å². The van der Waals surface area contributed by atoms with Crippen LogP contribution in [-0.2, 0) is 9.53 Å². The Morgan fingerprint density at radius 3 is 1.64 bits per heavy atom. The molecule has 0 fully saturated rings. The van der Waals surface area contributed by atoms with Crippen molar-refractivity contribution < 1.29 is 28.5 Å². The molecule has 4 aromatic carbocycles. The predicted octanol–water partition coefficient (Wildman–Crippen LogP) is 9.71. The molecule has 53 heavy (non-hydrogen) atoms. The molecule has 0 amide bonds. The quantitative estimate of drug-likeness (QED) is 0.0479. The van der Waals surface area contributed by atoms with Crippen LogP contribution in [0.3, 0.4) is 0 Å². The fourth-order valence-electron chi connectivity index (χ4n) is 5.70. The maximum Gasteiger partial charge on any atom is 0.303 e. The van der Waals surface area contributed by atoms with Crippen LogP contribution in [0.25, 0.3) is 24.3 Å². The molecule has 0 unspecified atom stereocenters. The Balaban J connectivity index is 1.34. The maximum atomic E-state index is 12.1. The number of anilines is 2. The third-order valence-electron chi connectivity index (χ3n) is 8.93. The van der Waals surface area contributed by atoms with Crippen molar-refractivity contribution >= 4 is 47.4 Å². The summed E-state index contributed by atoms with van der Waals surface area (Å²) in [6.45, 7) is 8.82. The van der Waals surface area contributed by atoms with Gasteiger partial charge in [-0.15, -0.1) is 0 Å². The van der Waals surface area contributed by atoms with Crippen LogP contribution in [0.4, 0.5) is 11.4 Å². The van der Waals surface area contributed by atoms with Crippen LogP contribution >= 0.6 is 0 Å². The van der Waals surface area contributed by atoms with E-state index < -0.39 is 5.97 Å². The number of hydrogen-bond donors (Lipinski definition) is 0. The van der Waals surface area contributed by atoms with Crippen molar-refractivity contribution in [2.75, 3.05) is 63.9 Å². The summed E-state index contributed by atoms with van der Waals surface area (Å²) in [6.07, 6.45) is 13.1. The first-order chi connectivity index (χ1) is 25.7. The highest BCUT2D eigenvalue weighted by atomic mass is 16.5. The summed E-state index contributed by atoms with van der Waals surface area (Å²) in [5.41, 5.74) is 6.86. The van der Waals surface area contributed by atoms with E-state index >= 15 is 0 Å². The van der Waals surface area contributed by atoms with Crippen LogP contribution in [0.1, 0.15) is 79.1 Å². The summed E-state index contributed by atoms with van der Waals surface area (Å²) in [6, 6.07) is 28.0. The molecule has 0 aliphatic heterocycles. The molecular formula is C45H54N2O6. The number of esters is 1. The molecule has 0 saturated heterocycles. The first-order valence-electron chi connectivity index (χ1n) is 18.4. The number of likely N-dealkylation sites (N-methyl/N-ethyl adjacent to an activating group) is 1. The summed E-state index contributed by atoms with van der Waals surface area (Å²) in [7, 11) is 5.40. The third kappa shape index (κ3) is 12.6. The van der Waals surface area contributed by atoms with E-state index in [4.69, 9.17) is 18.9 Å². The fraction of sp³-hybridized carbons (Fsp3) is 0.333. The lowest BCUT2D eigenvalue weighted by Gasteiger charge is -2.24. The number of ether oxygens (including phenoxy) is 4. The molecule has 0 aromatic heterocycles. The largest absolute Gasteiger partial charge is 0.496 e. The van der Waals surface area contributed by atoms with Gasteiger partial charge in [0.05, 0.1) is 20.8 Å². The number of carbonyl (C=O) groups is 2. The molecule has 0 heterocycles. The SMILES string of the molecule is CCCCN(CCCC)c1ccc(C=Cc2cc(OC)c(C=Cc3ccc(N(C)CCOc4ccc(C(=O)COC(C)=O)cc4)cc3)cc2OC)cc1. The van der Waals surface area contributed by atoms with Crippen LogP contribution in [0.5, 0.6) is 17.2 Å². The average molecular weight is 719 g/mol. The van der Waals surface area contributed by atoms with Gasteiger partial charge in [0.25, 0.3) is 0 Å². The van der Waals surface area contributed by atoms with E-state index in [9.17, 15) is 9.59 Å². The number of carbonyl (C=O) groups excluding carboxylic acids is 2. The van der Waals surface area contributed by atoms with Crippen molar-refractivity contribution in [1.29, 1.82) is 0 Å². The van der Waals surface area contributed by atoms with Gasteiger partial charge in [-0.25, -0.2) is 0 Å². The molecule has 0 radical (unpaired) electrons. The summed E-state index contributed by atoms with van der Waals surface area (Å²) >= 11 is 0. The number of benzene rings is 4. The monoisotopic (exact) mass is 718 g/mol. The molecule has 4 rings (SSSR count). The molecule has 0 saturated carbocycles. The third-order valence-corrected chi connectivity index (χ3v) is 8.93. The van der Waals surface area contributed by atoms with Gasteiger partial charge in [-0.2, -0.15) is 0 Å². The van der Waals surface area contributed by atoms with Crippen molar-refractivity contribution in [2.24, 2.45) is 0 Å². The Morgan fingerprint density at radius 2 is 1.17 bits per heavy atom. The standard InChI is InChI=1S/C45H54N2O6/c1-7-9-27-47(28-10-8-2)41-23-15-36(16-24-41)12-18-39-32-44(50-5)38(31-45(39)51-6)17-11-35-13-21-40(22-14-35)46(4)29-30-52-42-25-19-37(20-26-42)43(49)33-53-34(3)48/h11-26,31-32H,7-10,27-30,33H2,1-6H3. The molecule has 4 aromatic rings. The first-order valence-corrected chi connectivity index (χ1v) is 18.4. The van der Waals surface area contributed by atoms with E-state index in [2.05, 4.69) is 90.4 Å². The van der Waals surface area contributed by atoms with Crippen LogP contribution in [-0.4, -0.2) is 65.9 Å². The average Bonchev–Trinajstić information content (AvgIpc) is 3.18. The highest BCUT2D eigenvalue weighted by molar-refractivity contribution is 5.98. The summed E-state index contributed by atoms with van der Waals surface area (Å²) in [4.78, 5) is 27.7. The van der Waals surface area contributed by atoms with E-state index in [-0.39, 0.29) is 12.4 Å². The van der Waals surface area contributed by atoms with Gasteiger partial charge in [0, 0.05) is 55.1 Å². The first kappa shape index (κ1) is 40.3. The van der Waals surface area contributed by atoms with E-state index in [1.165, 1.54) is 38.3 Å². The van der Waals surface area contributed by atoms with Crippen molar-refractivity contribution in [3.63, 3.8) is 0 Å². The van der Waals surface area contributed by atoms with Gasteiger partial charge < -0.3 is 28.7 Å². The van der Waals surface area contributed by atoms with Gasteiger partial charge in [0.15, 0.2) is 12.4 Å². The zero-order chi connectivity index (χ0) is 38.0. The Bertz CT molecular complexity index is 1790. The number of ketones is 1. The zero-order valence-corrected chi connectivity index (χ0v) is 32.1. The fourth-order valence-corrected chi connectivity index (χ4v) is 5.70. The Labute approximate surface area is 315 Å². The highest BCUT2D eigenvalue weighted by Gasteiger charge is 2.11. The number of nitrogens with zero attached hydrogens (tertiary/aromatic N) is 2. The summed E-state index contributed by atoms with van der Waals surface area (Å²) < 4.78 is 22.3. The van der Waals surface area contributed by atoms with Gasteiger partial charge in [-0.05, 0) is 84.6 Å². The Morgan fingerprint density at radius 1 is 0.660 bits per heavy atom. The second kappa shape index (κ2) is 21.1. The van der Waals surface area contributed by atoms with E-state index in [0.29, 0.717) is 24.5 Å². The van der Waals surface area contributed by atoms with Crippen molar-refractivity contribution in [3.8, 4) is 17.2 Å². The van der Waals surface area contributed by atoms with Crippen molar-refractivity contribution in [2.45, 2.75) is 46.5 Å². The van der Waals surface area contributed by atoms with E-state index in [0.717, 1.165) is 52.5 Å². The van der Waals surface area contributed by atoms with Gasteiger partial charge in [-0.1, -0.05) is 75.3 Å². The molecule has 0 aliphatic carbocycles. The number of methoxy groups -OCH3 is 2. The minimum absolute atomic E-state index is 0.255. The number of rotatable bonds is 21. The molecule has 0 N–H and O–H groups in total. The van der Waals surface area contributed by atoms with Gasteiger partial charge in [-0.3, -0.25) is 9.59 Å². The van der Waals surface area contributed by atoms with Crippen molar-refractivity contribution in [1.82, 2.24) is 0 Å². The normalized spacial score (nSPS) is 11.1. The summed E-state index contributed by atoms with van der Waals surface area (Å²) in [5.74, 6) is 1.46. The lowest BCUT2D eigenvalue weighted by Crippen LogP contribution is -2.25. The molecule has 0 aliphatic rings. The lowest BCUT2D eigenvalue weighted by molar-refractivity contribution is -0.139. The van der Waals surface area contributed by atoms with Crippen LogP contribution in [0.2, 0.25) is 0 Å². The molecule has 0 atom stereocenters. The second-order valence-electron chi connectivity index (χ2n) is 12.9. The summed E-state index contributed by atoms with van der Waals surface area (Å²) in [5, 5.41) is 0. The Kier molecular flexibility index (Phi) is 16.1. The van der Waals surface area contributed by atoms with Crippen LogP contribution in [0.15, 0.2) is 84.9 Å².